The van der Waals surface area contributed by atoms with Gasteiger partial charge in [-0.1, -0.05) is 42.5 Å². The van der Waals surface area contributed by atoms with Gasteiger partial charge in [-0.2, -0.15) is 0 Å². The van der Waals surface area contributed by atoms with E-state index in [-0.39, 0.29) is 5.91 Å². The first kappa shape index (κ1) is 31.3. The lowest BCUT2D eigenvalue weighted by atomic mass is 10.00. The number of fused-ring (bicyclic) bond motifs is 2. The van der Waals surface area contributed by atoms with Gasteiger partial charge in [0.15, 0.2) is 0 Å². The number of methoxy groups -OCH3 is 1. The maximum atomic E-state index is 13.3. The molecule has 0 radical (unpaired) electrons. The summed E-state index contributed by atoms with van der Waals surface area (Å²) in [7, 11) is 9.90. The molecule has 0 bridgehead atoms. The first-order valence-corrected chi connectivity index (χ1v) is 16.2. The van der Waals surface area contributed by atoms with Crippen LogP contribution in [-0.2, 0) is 13.6 Å². The van der Waals surface area contributed by atoms with Crippen molar-refractivity contribution in [3.63, 3.8) is 0 Å². The molecule has 8 nitrogen and oxygen atoms in total. The van der Waals surface area contributed by atoms with Crippen molar-refractivity contribution >= 4 is 49.7 Å². The molecule has 3 N–H and O–H groups in total. The zero-order chi connectivity index (χ0) is 32.4. The number of carbonyl (C=O) groups excluding carboxylic acids is 1. The third-order valence-electron chi connectivity index (χ3n) is 8.41. The number of nitrogens with zero attached hydrogens (tertiary/aromatic N) is 4. The number of carbonyl (C=O) groups is 1. The van der Waals surface area contributed by atoms with Crippen molar-refractivity contribution in [3.05, 3.63) is 95.6 Å². The Labute approximate surface area is 274 Å². The van der Waals surface area contributed by atoms with Crippen molar-refractivity contribution in [1.29, 1.82) is 0 Å². The Morgan fingerprint density at radius 1 is 0.978 bits per heavy atom. The molecule has 0 unspecified atom stereocenters. The summed E-state index contributed by atoms with van der Waals surface area (Å²) in [4.78, 5) is 22.5. The summed E-state index contributed by atoms with van der Waals surface area (Å²) in [6.45, 7) is 3.00. The van der Waals surface area contributed by atoms with Crippen LogP contribution in [0.25, 0.3) is 43.2 Å². The highest BCUT2D eigenvalue weighted by Gasteiger charge is 2.19. The lowest BCUT2D eigenvalue weighted by molar-refractivity contribution is 0.101. The van der Waals surface area contributed by atoms with Crippen molar-refractivity contribution < 1.29 is 9.53 Å². The van der Waals surface area contributed by atoms with Crippen LogP contribution in [0.2, 0.25) is 0 Å². The second-order valence-corrected chi connectivity index (χ2v) is 12.9. The molecule has 0 saturated carbocycles. The second-order valence-electron chi connectivity index (χ2n) is 12.0. The summed E-state index contributed by atoms with van der Waals surface area (Å²) in [6, 6.07) is 24.3. The highest BCUT2D eigenvalue weighted by Crippen LogP contribution is 2.43. The third-order valence-corrected chi connectivity index (χ3v) is 9.42. The molecular weight excluding hydrogens is 593 g/mol. The van der Waals surface area contributed by atoms with Crippen LogP contribution >= 0.6 is 11.3 Å². The molecule has 3 heterocycles. The zero-order valence-corrected chi connectivity index (χ0v) is 27.8. The number of amides is 1. The van der Waals surface area contributed by atoms with Gasteiger partial charge in [0.1, 0.15) is 17.3 Å². The molecule has 3 aromatic carbocycles. The molecule has 0 atom stereocenters. The molecule has 9 heteroatoms. The van der Waals surface area contributed by atoms with Gasteiger partial charge < -0.3 is 30.2 Å². The van der Waals surface area contributed by atoms with Gasteiger partial charge in [-0.15, -0.1) is 11.3 Å². The molecule has 0 aliphatic rings. The number of hydrogen-bond donors (Lipinski definition) is 2. The van der Waals surface area contributed by atoms with Gasteiger partial charge in [0.2, 0.25) is 0 Å². The molecule has 0 spiro atoms. The highest BCUT2D eigenvalue weighted by atomic mass is 32.1. The van der Waals surface area contributed by atoms with E-state index >= 15 is 0 Å². The van der Waals surface area contributed by atoms with E-state index in [4.69, 9.17) is 10.5 Å². The second kappa shape index (κ2) is 13.3. The van der Waals surface area contributed by atoms with E-state index in [2.05, 4.69) is 70.9 Å². The Morgan fingerprint density at radius 2 is 1.78 bits per heavy atom. The summed E-state index contributed by atoms with van der Waals surface area (Å²) in [5, 5.41) is 7.10. The van der Waals surface area contributed by atoms with E-state index in [1.807, 2.05) is 66.3 Å². The lowest BCUT2D eigenvalue weighted by Crippen LogP contribution is -2.23. The number of aromatic nitrogens is 2. The normalized spacial score (nSPS) is 11.6. The van der Waals surface area contributed by atoms with Crippen LogP contribution in [0.4, 0.5) is 11.5 Å². The molecule has 0 fully saturated rings. The van der Waals surface area contributed by atoms with Gasteiger partial charge >= 0.3 is 0 Å². The van der Waals surface area contributed by atoms with Crippen molar-refractivity contribution in [3.8, 4) is 28.0 Å². The van der Waals surface area contributed by atoms with Crippen LogP contribution in [-0.4, -0.2) is 66.6 Å². The predicted octanol–water partition coefficient (Wildman–Crippen LogP) is 7.35. The number of thiophene rings is 1. The minimum atomic E-state index is -0.203. The quantitative estimate of drug-likeness (QED) is 0.155. The first-order valence-electron chi connectivity index (χ1n) is 15.4. The smallest absolute Gasteiger partial charge is 0.272 e. The molecule has 46 heavy (non-hydrogen) atoms. The molecule has 6 rings (SSSR count). The predicted molar refractivity (Wildman–Crippen MR) is 192 cm³/mol. The number of anilines is 2. The minimum Gasteiger partial charge on any atom is -0.495 e. The molecule has 0 aliphatic heterocycles. The molecule has 0 aliphatic carbocycles. The summed E-state index contributed by atoms with van der Waals surface area (Å²) in [5.41, 5.74) is 14.0. The van der Waals surface area contributed by atoms with Crippen molar-refractivity contribution in [2.75, 3.05) is 52.4 Å². The fraction of sp³-hybridized carbons (Fsp3) is 0.243. The Hall–Kier alpha value is -4.70. The number of para-hydroxylation sites is 1. The highest BCUT2D eigenvalue weighted by molar-refractivity contribution is 7.18. The number of rotatable bonds is 11. The van der Waals surface area contributed by atoms with Crippen LogP contribution in [0.5, 0.6) is 5.75 Å². The summed E-state index contributed by atoms with van der Waals surface area (Å²) in [5.74, 6) is 0.846. The fourth-order valence-electron chi connectivity index (χ4n) is 6.03. The van der Waals surface area contributed by atoms with Crippen LogP contribution in [0, 0.1) is 0 Å². The molecule has 236 valence electrons. The topological polar surface area (TPSA) is 88.7 Å². The van der Waals surface area contributed by atoms with E-state index in [1.165, 1.54) is 5.56 Å². The summed E-state index contributed by atoms with van der Waals surface area (Å²) >= 11 is 1.66. The van der Waals surface area contributed by atoms with Gasteiger partial charge in [0.25, 0.3) is 5.91 Å². The van der Waals surface area contributed by atoms with Crippen LogP contribution in [0.3, 0.4) is 0 Å². The van der Waals surface area contributed by atoms with Crippen LogP contribution in [0.15, 0.2) is 84.4 Å². The molecule has 3 aromatic heterocycles. The van der Waals surface area contributed by atoms with E-state index < -0.39 is 0 Å². The number of hydrogen-bond acceptors (Lipinski definition) is 7. The Kier molecular flexibility index (Phi) is 9.08. The molecule has 1 amide bonds. The largest absolute Gasteiger partial charge is 0.495 e. The van der Waals surface area contributed by atoms with Crippen molar-refractivity contribution in [2.45, 2.75) is 13.0 Å². The standard InChI is InChI=1S/C37H40N6O2S/c1-41(2)16-9-17-42(3)22-24-10-8-12-25(18-24)28-21-39-36(38)34-29(23-46-35(28)34)26-14-15-30(33(20-26)45-5)40-37(44)32-19-27-11-6-7-13-31(27)43(32)4/h6-8,10-15,18-21,23H,9,16-17,22H2,1-5H3,(H2,38,39)(H,40,44). The molecule has 0 saturated heterocycles. The Morgan fingerprint density at radius 3 is 2.57 bits per heavy atom. The van der Waals surface area contributed by atoms with Crippen LogP contribution in [0.1, 0.15) is 22.5 Å². The molecular formula is C37H40N6O2S. The van der Waals surface area contributed by atoms with E-state index in [9.17, 15) is 4.79 Å². The van der Waals surface area contributed by atoms with Crippen molar-refractivity contribution in [2.24, 2.45) is 7.05 Å². The summed E-state index contributed by atoms with van der Waals surface area (Å²) < 4.78 is 8.74. The first-order chi connectivity index (χ1) is 22.2. The van der Waals surface area contributed by atoms with Gasteiger partial charge in [0.05, 0.1) is 12.8 Å². The number of nitrogen functional groups attached to an aromatic ring is 1. The van der Waals surface area contributed by atoms with E-state index in [1.54, 1.807) is 18.4 Å². The van der Waals surface area contributed by atoms with Crippen LogP contribution < -0.4 is 15.8 Å². The maximum Gasteiger partial charge on any atom is 0.272 e. The number of pyridine rings is 1. The molecule has 6 aromatic rings. The maximum absolute atomic E-state index is 13.3. The SMILES string of the molecule is COc1cc(-c2csc3c(-c4cccc(CN(C)CCCN(C)C)c4)cnc(N)c23)ccc1NC(=O)c1cc2ccccc2n1C. The fourth-order valence-corrected chi connectivity index (χ4v) is 7.15. The minimum absolute atomic E-state index is 0.203. The number of aryl methyl sites for hydroxylation is 1. The lowest BCUT2D eigenvalue weighted by Gasteiger charge is -2.18. The monoisotopic (exact) mass is 632 g/mol. The van der Waals surface area contributed by atoms with Gasteiger partial charge in [-0.05, 0) is 93.1 Å². The Bertz CT molecular complexity index is 2030. The van der Waals surface area contributed by atoms with E-state index in [0.717, 1.165) is 69.3 Å². The average Bonchev–Trinajstić information content (AvgIpc) is 3.64. The number of nitrogens with one attached hydrogen (secondary N) is 1. The third kappa shape index (κ3) is 6.35. The zero-order valence-electron chi connectivity index (χ0n) is 27.0. The van der Waals surface area contributed by atoms with E-state index in [0.29, 0.717) is 22.9 Å². The van der Waals surface area contributed by atoms with Gasteiger partial charge in [-0.3, -0.25) is 4.79 Å². The van der Waals surface area contributed by atoms with Gasteiger partial charge in [0, 0.05) is 51.9 Å². The van der Waals surface area contributed by atoms with Gasteiger partial charge in [-0.25, -0.2) is 4.98 Å². The number of ether oxygens (including phenoxy) is 1. The Balaban J connectivity index is 1.27. The number of nitrogens with two attached hydrogens (primary N) is 1. The average molecular weight is 633 g/mol. The van der Waals surface area contributed by atoms with Crippen molar-refractivity contribution in [1.82, 2.24) is 19.4 Å². The number of benzene rings is 3. The summed E-state index contributed by atoms with van der Waals surface area (Å²) in [6.07, 6.45) is 3.01.